The van der Waals surface area contributed by atoms with Crippen molar-refractivity contribution in [2.45, 2.75) is 57.2 Å². The second-order valence-corrected chi connectivity index (χ2v) is 10.2. The highest BCUT2D eigenvalue weighted by Gasteiger charge is 2.33. The monoisotopic (exact) mass is 520 g/mol. The Morgan fingerprint density at radius 1 is 0.946 bits per heavy atom. The van der Waals surface area contributed by atoms with Gasteiger partial charge in [-0.05, 0) is 124 Å². The van der Waals surface area contributed by atoms with E-state index >= 15 is 0 Å². The highest BCUT2D eigenvalue weighted by molar-refractivity contribution is 5.97. The van der Waals surface area contributed by atoms with E-state index in [1.54, 1.807) is 12.1 Å². The van der Waals surface area contributed by atoms with E-state index in [1.165, 1.54) is 24.3 Å². The van der Waals surface area contributed by atoms with Crippen LogP contribution in [0.3, 0.4) is 0 Å². The number of hydrogen-bond acceptors (Lipinski definition) is 4. The van der Waals surface area contributed by atoms with Gasteiger partial charge < -0.3 is 15.4 Å². The minimum atomic E-state index is -4.80. The van der Waals surface area contributed by atoms with Crippen molar-refractivity contribution in [3.63, 3.8) is 0 Å². The van der Waals surface area contributed by atoms with Crippen molar-refractivity contribution < 1.29 is 31.9 Å². The van der Waals surface area contributed by atoms with E-state index in [9.17, 15) is 27.2 Å². The summed E-state index contributed by atoms with van der Waals surface area (Å²) in [6, 6.07) is 9.47. The molecule has 2 aromatic rings. The zero-order valence-corrected chi connectivity index (χ0v) is 20.6. The van der Waals surface area contributed by atoms with Crippen molar-refractivity contribution >= 4 is 11.7 Å². The molecule has 2 aromatic carbocycles. The Hall–Kier alpha value is -2.94. The maximum Gasteiger partial charge on any atom is 0.573 e. The zero-order chi connectivity index (χ0) is 26.6. The molecule has 0 aromatic heterocycles. The third-order valence-corrected chi connectivity index (χ3v) is 7.75. The molecule has 1 heterocycles. The Balaban J connectivity index is 1.25. The van der Waals surface area contributed by atoms with Crippen LogP contribution in [0, 0.1) is 17.7 Å². The van der Waals surface area contributed by atoms with Gasteiger partial charge in [0.1, 0.15) is 11.6 Å². The van der Waals surface area contributed by atoms with E-state index in [0.29, 0.717) is 17.0 Å². The van der Waals surface area contributed by atoms with Gasteiger partial charge in [0, 0.05) is 17.0 Å². The summed E-state index contributed by atoms with van der Waals surface area (Å²) in [7, 11) is 0. The lowest BCUT2D eigenvalue weighted by molar-refractivity contribution is -0.274. The summed E-state index contributed by atoms with van der Waals surface area (Å²) in [5.74, 6) is -0.831. The number of likely N-dealkylation sites (tertiary alicyclic amines) is 1. The minimum absolute atomic E-state index is 0.0336. The quantitative estimate of drug-likeness (QED) is 0.338. The molecule has 0 radical (unpaired) electrons. The molecular weight excluding hydrogens is 488 g/mol. The third-order valence-electron chi connectivity index (χ3n) is 7.75. The van der Waals surface area contributed by atoms with Gasteiger partial charge in [0.2, 0.25) is 5.91 Å². The number of Topliss-reactive ketones (excluding diaryl/α,β-unsaturated/α-hetero) is 1. The first-order chi connectivity index (χ1) is 17.6. The maximum atomic E-state index is 13.1. The van der Waals surface area contributed by atoms with Crippen LogP contribution in [0.15, 0.2) is 42.5 Å². The van der Waals surface area contributed by atoms with E-state index in [2.05, 4.69) is 9.64 Å². The van der Waals surface area contributed by atoms with Gasteiger partial charge in [0.25, 0.3) is 0 Å². The second kappa shape index (κ2) is 11.6. The lowest BCUT2D eigenvalue weighted by atomic mass is 9.76. The standard InChI is InChI=1S/C28H32F4N2O3/c29-22-7-5-20(6-8-22)26(35)21-12-15-34(16-13-21)14-11-18-1-3-19(4-2-18)25-17-23(37-28(30,31)32)9-10-24(25)27(33)36/h5-10,17-19,21H,1-4,11-16H2,(H2,33,36)/t18-,19-. The number of ketones is 1. The molecule has 0 bridgehead atoms. The molecule has 0 unspecified atom stereocenters. The summed E-state index contributed by atoms with van der Waals surface area (Å²) in [6.07, 6.45) is 1.18. The molecule has 1 saturated carbocycles. The second-order valence-electron chi connectivity index (χ2n) is 10.2. The van der Waals surface area contributed by atoms with Crippen LogP contribution in [0.5, 0.6) is 5.75 Å². The van der Waals surface area contributed by atoms with Crippen LogP contribution < -0.4 is 10.5 Å². The van der Waals surface area contributed by atoms with Gasteiger partial charge in [0.05, 0.1) is 0 Å². The number of rotatable bonds is 8. The van der Waals surface area contributed by atoms with Crippen LogP contribution in [-0.2, 0) is 0 Å². The highest BCUT2D eigenvalue weighted by Crippen LogP contribution is 2.40. The fraction of sp³-hybridized carbons (Fsp3) is 0.500. The average Bonchev–Trinajstić information content (AvgIpc) is 2.87. The number of alkyl halides is 3. The number of hydrogen-bond donors (Lipinski definition) is 1. The summed E-state index contributed by atoms with van der Waals surface area (Å²) >= 11 is 0. The summed E-state index contributed by atoms with van der Waals surface area (Å²) < 4.78 is 55.2. The van der Waals surface area contributed by atoms with Crippen molar-refractivity contribution in [3.8, 4) is 5.75 Å². The van der Waals surface area contributed by atoms with Gasteiger partial charge in [-0.1, -0.05) is 0 Å². The predicted octanol–water partition coefficient (Wildman–Crippen LogP) is 6.08. The fourth-order valence-corrected chi connectivity index (χ4v) is 5.70. The van der Waals surface area contributed by atoms with Crippen LogP contribution >= 0.6 is 0 Å². The molecule has 2 N–H and O–H groups in total. The molecule has 0 atom stereocenters. The van der Waals surface area contributed by atoms with Gasteiger partial charge >= 0.3 is 6.36 Å². The first kappa shape index (κ1) is 27.1. The molecule has 5 nitrogen and oxygen atoms in total. The highest BCUT2D eigenvalue weighted by atomic mass is 19.4. The van der Waals surface area contributed by atoms with E-state index in [0.717, 1.165) is 70.6 Å². The van der Waals surface area contributed by atoms with Crippen molar-refractivity contribution in [2.75, 3.05) is 19.6 Å². The zero-order valence-electron chi connectivity index (χ0n) is 20.6. The molecule has 4 rings (SSSR count). The van der Waals surface area contributed by atoms with Crippen molar-refractivity contribution in [2.24, 2.45) is 17.6 Å². The van der Waals surface area contributed by atoms with Gasteiger partial charge in [-0.2, -0.15) is 0 Å². The van der Waals surface area contributed by atoms with Crippen LogP contribution in [0.2, 0.25) is 0 Å². The Kier molecular flexibility index (Phi) is 8.52. The van der Waals surface area contributed by atoms with Gasteiger partial charge in [-0.25, -0.2) is 4.39 Å². The lowest BCUT2D eigenvalue weighted by Gasteiger charge is -2.34. The van der Waals surface area contributed by atoms with Crippen molar-refractivity contribution in [1.82, 2.24) is 4.90 Å². The number of carbonyl (C=O) groups excluding carboxylic acids is 2. The van der Waals surface area contributed by atoms with E-state index < -0.39 is 12.3 Å². The Labute approximate surface area is 214 Å². The van der Waals surface area contributed by atoms with Crippen LogP contribution in [0.25, 0.3) is 0 Å². The molecule has 1 aliphatic carbocycles. The predicted molar refractivity (Wildman–Crippen MR) is 131 cm³/mol. The minimum Gasteiger partial charge on any atom is -0.406 e. The first-order valence-electron chi connectivity index (χ1n) is 12.8. The smallest absolute Gasteiger partial charge is 0.406 e. The van der Waals surface area contributed by atoms with E-state index in [-0.39, 0.29) is 34.7 Å². The molecule has 1 saturated heterocycles. The fourth-order valence-electron chi connectivity index (χ4n) is 5.70. The Morgan fingerprint density at radius 2 is 1.59 bits per heavy atom. The van der Waals surface area contributed by atoms with Crippen LogP contribution in [0.1, 0.15) is 77.1 Å². The third kappa shape index (κ3) is 7.31. The number of primary amides is 1. The number of carbonyl (C=O) groups is 2. The molecule has 2 aliphatic rings. The molecule has 2 fully saturated rings. The lowest BCUT2D eigenvalue weighted by Crippen LogP contribution is -2.37. The molecule has 1 aliphatic heterocycles. The number of piperidine rings is 1. The molecule has 1 amide bonds. The van der Waals surface area contributed by atoms with Crippen LogP contribution in [0.4, 0.5) is 17.6 Å². The van der Waals surface area contributed by atoms with Crippen molar-refractivity contribution in [3.05, 3.63) is 65.0 Å². The van der Waals surface area contributed by atoms with E-state index in [1.807, 2.05) is 0 Å². The number of benzene rings is 2. The number of amides is 1. The summed E-state index contributed by atoms with van der Waals surface area (Å²) in [5, 5.41) is 0. The van der Waals surface area contributed by atoms with Gasteiger partial charge in [0.15, 0.2) is 5.78 Å². The number of halogens is 4. The Morgan fingerprint density at radius 3 is 2.19 bits per heavy atom. The summed E-state index contributed by atoms with van der Waals surface area (Å²) in [6.45, 7) is 2.63. The SMILES string of the molecule is NC(=O)c1ccc(OC(F)(F)F)cc1[C@H]1CC[C@H](CCN2CCC(C(=O)c3ccc(F)cc3)CC2)CC1. The number of ether oxygens (including phenoxy) is 1. The van der Waals surface area contributed by atoms with Crippen molar-refractivity contribution in [1.29, 1.82) is 0 Å². The first-order valence-corrected chi connectivity index (χ1v) is 12.8. The molecule has 37 heavy (non-hydrogen) atoms. The normalized spacial score (nSPS) is 21.5. The van der Waals surface area contributed by atoms with Crippen LogP contribution in [-0.4, -0.2) is 42.6 Å². The van der Waals surface area contributed by atoms with Gasteiger partial charge in [-0.3, -0.25) is 9.59 Å². The molecule has 200 valence electrons. The maximum absolute atomic E-state index is 13.1. The number of nitrogens with zero attached hydrogens (tertiary/aromatic N) is 1. The largest absolute Gasteiger partial charge is 0.573 e. The summed E-state index contributed by atoms with van der Waals surface area (Å²) in [4.78, 5) is 27.0. The average molecular weight is 521 g/mol. The Bertz CT molecular complexity index is 1090. The van der Waals surface area contributed by atoms with Gasteiger partial charge in [-0.15, -0.1) is 13.2 Å². The topological polar surface area (TPSA) is 72.6 Å². The molecule has 0 spiro atoms. The summed E-state index contributed by atoms with van der Waals surface area (Å²) in [5.41, 5.74) is 6.82. The van der Waals surface area contributed by atoms with E-state index in [4.69, 9.17) is 5.73 Å². The molecule has 9 heteroatoms. The molecular formula is C28H32F4N2O3. The number of nitrogens with two attached hydrogens (primary N) is 1.